The molecule has 6 atom stereocenters. The maximum absolute atomic E-state index is 12.9. The summed E-state index contributed by atoms with van der Waals surface area (Å²) < 4.78 is 29.0. The van der Waals surface area contributed by atoms with Crippen LogP contribution in [0.2, 0.25) is 18.1 Å². The predicted octanol–water partition coefficient (Wildman–Crippen LogP) is 6.66. The molecule has 0 aromatic heterocycles. The molecular formula is C34H56O8Si. The highest BCUT2D eigenvalue weighted by Crippen LogP contribution is 2.37. The highest BCUT2D eigenvalue weighted by atomic mass is 28.4. The van der Waals surface area contributed by atoms with Gasteiger partial charge in [0.05, 0.1) is 38.6 Å². The van der Waals surface area contributed by atoms with Crippen molar-refractivity contribution < 1.29 is 38.1 Å². The van der Waals surface area contributed by atoms with E-state index in [1.165, 1.54) is 0 Å². The number of aliphatic hydroxyl groups excluding tert-OH is 1. The topological polar surface area (TPSA) is 101 Å². The first-order valence-corrected chi connectivity index (χ1v) is 17.9. The van der Waals surface area contributed by atoms with E-state index in [1.54, 1.807) is 20.3 Å². The molecule has 0 aliphatic rings. The van der Waals surface area contributed by atoms with Crippen LogP contribution >= 0.6 is 0 Å². The SMILES string of the molecule is C=C[C@@H](OC)[C@@H](C)[C@H](OCc1ccc(OC)cc1)[C@H](C)[C@@H](O)CC(=O)CC(=O)O[C@H](CO[Si](C)(C)C(C)(C)C)CC(=C)C. The molecule has 0 heterocycles. The molecule has 0 amide bonds. The number of carbonyl (C=O) groups excluding carboxylic acids is 2. The molecule has 0 spiro atoms. The average Bonchev–Trinajstić information content (AvgIpc) is 2.91. The second-order valence-electron chi connectivity index (χ2n) is 13.1. The van der Waals surface area contributed by atoms with Crippen LogP contribution < -0.4 is 4.74 Å². The lowest BCUT2D eigenvalue weighted by atomic mass is 9.84. The smallest absolute Gasteiger partial charge is 0.313 e. The Balaban J connectivity index is 2.88. The van der Waals surface area contributed by atoms with E-state index in [0.29, 0.717) is 13.0 Å². The Kier molecular flexibility index (Phi) is 16.1. The zero-order valence-corrected chi connectivity index (χ0v) is 29.1. The summed E-state index contributed by atoms with van der Waals surface area (Å²) in [4.78, 5) is 25.7. The third kappa shape index (κ3) is 13.1. The molecule has 0 aliphatic carbocycles. The number of hydrogen-bond donors (Lipinski definition) is 1. The van der Waals surface area contributed by atoms with E-state index < -0.39 is 50.7 Å². The molecule has 1 rings (SSSR count). The van der Waals surface area contributed by atoms with Crippen molar-refractivity contribution in [3.05, 3.63) is 54.6 Å². The summed E-state index contributed by atoms with van der Waals surface area (Å²) in [7, 11) is 1.15. The predicted molar refractivity (Wildman–Crippen MR) is 174 cm³/mol. The largest absolute Gasteiger partial charge is 0.497 e. The van der Waals surface area contributed by atoms with Gasteiger partial charge in [-0.1, -0.05) is 58.4 Å². The zero-order valence-electron chi connectivity index (χ0n) is 28.1. The number of ketones is 1. The van der Waals surface area contributed by atoms with E-state index in [4.69, 9.17) is 23.4 Å². The van der Waals surface area contributed by atoms with Gasteiger partial charge in [-0.15, -0.1) is 13.2 Å². The van der Waals surface area contributed by atoms with Gasteiger partial charge in [-0.3, -0.25) is 9.59 Å². The van der Waals surface area contributed by atoms with Crippen molar-refractivity contribution in [1.82, 2.24) is 0 Å². The lowest BCUT2D eigenvalue weighted by Crippen LogP contribution is -2.43. The molecule has 43 heavy (non-hydrogen) atoms. The Labute approximate surface area is 260 Å². The van der Waals surface area contributed by atoms with Gasteiger partial charge in [-0.05, 0) is 42.8 Å². The fourth-order valence-electron chi connectivity index (χ4n) is 4.55. The fourth-order valence-corrected chi connectivity index (χ4v) is 5.58. The number of benzene rings is 1. The Bertz CT molecular complexity index is 1030. The van der Waals surface area contributed by atoms with Crippen LogP contribution in [0.1, 0.15) is 66.4 Å². The van der Waals surface area contributed by atoms with Gasteiger partial charge in [-0.2, -0.15) is 0 Å². The Hall–Kier alpha value is -2.30. The van der Waals surface area contributed by atoms with Crippen LogP contribution in [0.25, 0.3) is 0 Å². The average molecular weight is 621 g/mol. The molecule has 0 bridgehead atoms. The fraction of sp³-hybridized carbons (Fsp3) is 0.647. The number of Topliss-reactive ketones (excluding diaryl/α,β-unsaturated/α-hetero) is 1. The first kappa shape index (κ1) is 38.7. The third-order valence-corrected chi connectivity index (χ3v) is 12.9. The van der Waals surface area contributed by atoms with E-state index in [0.717, 1.165) is 16.9 Å². The van der Waals surface area contributed by atoms with Gasteiger partial charge in [-0.25, -0.2) is 0 Å². The Morgan fingerprint density at radius 2 is 1.65 bits per heavy atom. The lowest BCUT2D eigenvalue weighted by Gasteiger charge is -2.37. The summed E-state index contributed by atoms with van der Waals surface area (Å²) in [5.74, 6) is -0.914. The van der Waals surface area contributed by atoms with Gasteiger partial charge in [0.25, 0.3) is 0 Å². The summed E-state index contributed by atoms with van der Waals surface area (Å²) in [6, 6.07) is 7.54. The van der Waals surface area contributed by atoms with Crippen molar-refractivity contribution in [1.29, 1.82) is 0 Å². The minimum absolute atomic E-state index is 0.0102. The summed E-state index contributed by atoms with van der Waals surface area (Å²) in [6.45, 7) is 24.7. The van der Waals surface area contributed by atoms with Crippen LogP contribution in [0.4, 0.5) is 0 Å². The zero-order chi connectivity index (χ0) is 33.0. The van der Waals surface area contributed by atoms with E-state index in [2.05, 4.69) is 47.0 Å². The number of aliphatic hydroxyl groups is 1. The molecule has 1 aromatic rings. The monoisotopic (exact) mass is 620 g/mol. The van der Waals surface area contributed by atoms with Crippen molar-refractivity contribution in [3.63, 3.8) is 0 Å². The number of rotatable bonds is 20. The first-order valence-electron chi connectivity index (χ1n) is 15.0. The molecule has 244 valence electrons. The van der Waals surface area contributed by atoms with Crippen LogP contribution in [0.5, 0.6) is 5.75 Å². The highest BCUT2D eigenvalue weighted by Gasteiger charge is 2.38. The molecule has 1 aromatic carbocycles. The maximum atomic E-state index is 12.9. The number of methoxy groups -OCH3 is 2. The molecule has 8 nitrogen and oxygen atoms in total. The molecule has 0 saturated carbocycles. The minimum Gasteiger partial charge on any atom is -0.497 e. The normalized spacial score (nSPS) is 16.3. The Morgan fingerprint density at radius 1 is 1.05 bits per heavy atom. The number of hydrogen-bond acceptors (Lipinski definition) is 8. The van der Waals surface area contributed by atoms with Crippen molar-refractivity contribution in [2.75, 3.05) is 20.8 Å². The second kappa shape index (κ2) is 17.9. The standard InChI is InChI=1S/C34H56O8Si/c1-13-31(39-10)25(5)33(40-21-26-14-16-28(38-9)17-15-26)24(4)30(36)19-27(35)20-32(37)42-29(18-23(2)3)22-41-43(11,12)34(6,7)8/h13-17,24-25,29-31,33,36H,1-2,18-22H2,3-12H3/t24-,25-,29+,30+,31-,33-/m1/s1. The molecule has 0 aliphatic heterocycles. The molecule has 0 saturated heterocycles. The van der Waals surface area contributed by atoms with Crippen molar-refractivity contribution in [2.24, 2.45) is 11.8 Å². The summed E-state index contributed by atoms with van der Waals surface area (Å²) >= 11 is 0. The number of carbonyl (C=O) groups is 2. The Morgan fingerprint density at radius 3 is 2.14 bits per heavy atom. The van der Waals surface area contributed by atoms with Crippen LogP contribution in [-0.4, -0.2) is 70.4 Å². The summed E-state index contributed by atoms with van der Waals surface area (Å²) in [5, 5.41) is 11.1. The molecule has 0 fully saturated rings. The second-order valence-corrected chi connectivity index (χ2v) is 17.9. The third-order valence-electron chi connectivity index (χ3n) is 8.36. The van der Waals surface area contributed by atoms with Crippen molar-refractivity contribution in [3.8, 4) is 5.75 Å². The van der Waals surface area contributed by atoms with E-state index in [1.807, 2.05) is 45.0 Å². The highest BCUT2D eigenvalue weighted by molar-refractivity contribution is 6.74. The van der Waals surface area contributed by atoms with Gasteiger partial charge in [0.2, 0.25) is 0 Å². The first-order chi connectivity index (χ1) is 19.9. The van der Waals surface area contributed by atoms with Crippen LogP contribution in [0, 0.1) is 11.8 Å². The molecular weight excluding hydrogens is 564 g/mol. The molecule has 1 N–H and O–H groups in total. The summed E-state index contributed by atoms with van der Waals surface area (Å²) in [6.07, 6.45) is -0.850. The van der Waals surface area contributed by atoms with Crippen LogP contribution in [0.3, 0.4) is 0 Å². The van der Waals surface area contributed by atoms with E-state index in [9.17, 15) is 14.7 Å². The van der Waals surface area contributed by atoms with Gasteiger partial charge >= 0.3 is 5.97 Å². The molecule has 0 unspecified atom stereocenters. The van der Waals surface area contributed by atoms with E-state index in [-0.39, 0.29) is 30.1 Å². The quantitative estimate of drug-likeness (QED) is 0.0747. The van der Waals surface area contributed by atoms with Crippen LogP contribution in [-0.2, 0) is 34.8 Å². The molecule has 0 radical (unpaired) electrons. The van der Waals surface area contributed by atoms with Crippen molar-refractivity contribution in [2.45, 2.75) is 110 Å². The van der Waals surface area contributed by atoms with Gasteiger partial charge < -0.3 is 28.5 Å². The number of ether oxygens (including phenoxy) is 4. The number of esters is 1. The maximum Gasteiger partial charge on any atom is 0.313 e. The van der Waals surface area contributed by atoms with Gasteiger partial charge in [0.1, 0.15) is 24.1 Å². The van der Waals surface area contributed by atoms with E-state index >= 15 is 0 Å². The molecule has 9 heteroatoms. The van der Waals surface area contributed by atoms with Gasteiger partial charge in [0, 0.05) is 31.8 Å². The van der Waals surface area contributed by atoms with Gasteiger partial charge in [0.15, 0.2) is 8.32 Å². The minimum atomic E-state index is -2.06. The summed E-state index contributed by atoms with van der Waals surface area (Å²) in [5.41, 5.74) is 1.80. The van der Waals surface area contributed by atoms with Crippen LogP contribution in [0.15, 0.2) is 49.1 Å². The lowest BCUT2D eigenvalue weighted by molar-refractivity contribution is -0.153. The van der Waals surface area contributed by atoms with Crippen molar-refractivity contribution >= 4 is 20.1 Å².